The van der Waals surface area contributed by atoms with Crippen LogP contribution in [-0.2, 0) is 17.0 Å². The first-order valence-electron chi connectivity index (χ1n) is 8.75. The van der Waals surface area contributed by atoms with E-state index >= 15 is 0 Å². The molecule has 1 amide bonds. The number of carbonyl (C=O) groups is 1. The summed E-state index contributed by atoms with van der Waals surface area (Å²) in [5.74, 6) is 2.58. The van der Waals surface area contributed by atoms with Crippen LogP contribution in [-0.4, -0.2) is 24.3 Å². The molecule has 0 radical (unpaired) electrons. The molecule has 2 aromatic rings. The predicted molar refractivity (Wildman–Crippen MR) is 106 cm³/mol. The van der Waals surface area contributed by atoms with Gasteiger partial charge in [-0.05, 0) is 37.5 Å². The zero-order valence-electron chi connectivity index (χ0n) is 15.2. The van der Waals surface area contributed by atoms with Gasteiger partial charge in [0.15, 0.2) is 6.10 Å². The van der Waals surface area contributed by atoms with Gasteiger partial charge in [0.05, 0.1) is 0 Å². The van der Waals surface area contributed by atoms with Crippen molar-refractivity contribution in [1.82, 2.24) is 5.32 Å². The molecule has 1 atom stereocenters. The number of para-hydroxylation sites is 1. The molecule has 25 heavy (non-hydrogen) atoms. The quantitative estimate of drug-likeness (QED) is 0.677. The van der Waals surface area contributed by atoms with Crippen LogP contribution < -0.4 is 10.1 Å². The lowest BCUT2D eigenvalue weighted by Gasteiger charge is -2.16. The van der Waals surface area contributed by atoms with E-state index in [2.05, 4.69) is 43.4 Å². The SMILES string of the molecule is CCc1ccccc1O[C@H](C)C(=O)NCCSCc1cccc(C)c1. The molecule has 1 N–H and O–H groups in total. The van der Waals surface area contributed by atoms with E-state index < -0.39 is 6.10 Å². The van der Waals surface area contributed by atoms with Crippen molar-refractivity contribution in [3.63, 3.8) is 0 Å². The summed E-state index contributed by atoms with van der Waals surface area (Å²) in [5.41, 5.74) is 3.73. The number of nitrogens with one attached hydrogen (secondary N) is 1. The van der Waals surface area contributed by atoms with Crippen molar-refractivity contribution in [2.24, 2.45) is 0 Å². The summed E-state index contributed by atoms with van der Waals surface area (Å²) in [6, 6.07) is 16.4. The van der Waals surface area contributed by atoms with Crippen LogP contribution in [0.1, 0.15) is 30.5 Å². The highest BCUT2D eigenvalue weighted by Gasteiger charge is 2.15. The maximum atomic E-state index is 12.2. The van der Waals surface area contributed by atoms with Crippen LogP contribution in [0.15, 0.2) is 48.5 Å². The third-order valence-corrected chi connectivity index (χ3v) is 4.95. The largest absolute Gasteiger partial charge is 0.481 e. The van der Waals surface area contributed by atoms with Gasteiger partial charge in [-0.15, -0.1) is 0 Å². The summed E-state index contributed by atoms with van der Waals surface area (Å²) in [6.45, 7) is 6.63. The van der Waals surface area contributed by atoms with Crippen LogP contribution in [0.3, 0.4) is 0 Å². The van der Waals surface area contributed by atoms with Gasteiger partial charge >= 0.3 is 0 Å². The maximum absolute atomic E-state index is 12.2. The van der Waals surface area contributed by atoms with E-state index in [1.54, 1.807) is 6.92 Å². The molecule has 0 aliphatic heterocycles. The van der Waals surface area contributed by atoms with Crippen molar-refractivity contribution in [1.29, 1.82) is 0 Å². The molecule has 0 fully saturated rings. The normalized spacial score (nSPS) is 11.8. The van der Waals surface area contributed by atoms with Gasteiger partial charge in [0, 0.05) is 18.1 Å². The number of aryl methyl sites for hydroxylation is 2. The summed E-state index contributed by atoms with van der Waals surface area (Å²) in [6.07, 6.45) is 0.398. The minimum atomic E-state index is -0.491. The number of hydrogen-bond donors (Lipinski definition) is 1. The lowest BCUT2D eigenvalue weighted by Crippen LogP contribution is -2.37. The second-order valence-corrected chi connectivity index (χ2v) is 7.16. The first kappa shape index (κ1) is 19.4. The van der Waals surface area contributed by atoms with E-state index in [1.165, 1.54) is 11.1 Å². The number of amides is 1. The van der Waals surface area contributed by atoms with Crippen LogP contribution in [0.5, 0.6) is 5.75 Å². The van der Waals surface area contributed by atoms with Gasteiger partial charge in [-0.3, -0.25) is 4.79 Å². The molecular formula is C21H27NO2S. The Morgan fingerprint density at radius 3 is 2.76 bits per heavy atom. The van der Waals surface area contributed by atoms with Crippen molar-refractivity contribution in [2.45, 2.75) is 39.0 Å². The Morgan fingerprint density at radius 2 is 2.00 bits per heavy atom. The lowest BCUT2D eigenvalue weighted by molar-refractivity contribution is -0.127. The summed E-state index contributed by atoms with van der Waals surface area (Å²) in [5, 5.41) is 2.95. The third kappa shape index (κ3) is 6.46. The fourth-order valence-corrected chi connectivity index (χ4v) is 3.34. The summed E-state index contributed by atoms with van der Waals surface area (Å²) >= 11 is 1.82. The molecule has 2 aromatic carbocycles. The van der Waals surface area contributed by atoms with E-state index in [0.29, 0.717) is 6.54 Å². The van der Waals surface area contributed by atoms with Gasteiger partial charge in [-0.1, -0.05) is 55.0 Å². The molecule has 3 nitrogen and oxygen atoms in total. The topological polar surface area (TPSA) is 38.3 Å². The highest BCUT2D eigenvalue weighted by atomic mass is 32.2. The Balaban J connectivity index is 1.69. The maximum Gasteiger partial charge on any atom is 0.260 e. The van der Waals surface area contributed by atoms with Gasteiger partial charge in [0.25, 0.3) is 5.91 Å². The minimum Gasteiger partial charge on any atom is -0.481 e. The molecular weight excluding hydrogens is 330 g/mol. The van der Waals surface area contributed by atoms with E-state index in [9.17, 15) is 4.79 Å². The molecule has 0 aliphatic carbocycles. The molecule has 0 unspecified atom stereocenters. The molecule has 134 valence electrons. The van der Waals surface area contributed by atoms with E-state index in [1.807, 2.05) is 36.0 Å². The van der Waals surface area contributed by atoms with Gasteiger partial charge in [0.1, 0.15) is 5.75 Å². The monoisotopic (exact) mass is 357 g/mol. The van der Waals surface area contributed by atoms with Crippen LogP contribution in [0.25, 0.3) is 0 Å². The number of rotatable bonds is 9. The van der Waals surface area contributed by atoms with Crippen LogP contribution in [0.4, 0.5) is 0 Å². The lowest BCUT2D eigenvalue weighted by atomic mass is 10.1. The minimum absolute atomic E-state index is 0.0675. The second kappa shape index (κ2) is 10.1. The van der Waals surface area contributed by atoms with Crippen LogP contribution >= 0.6 is 11.8 Å². The first-order chi connectivity index (χ1) is 12.1. The van der Waals surface area contributed by atoms with E-state index in [-0.39, 0.29) is 5.91 Å². The highest BCUT2D eigenvalue weighted by Crippen LogP contribution is 2.19. The van der Waals surface area contributed by atoms with Gasteiger partial charge in [-0.2, -0.15) is 11.8 Å². The average Bonchev–Trinajstić information content (AvgIpc) is 2.61. The van der Waals surface area contributed by atoms with Crippen LogP contribution in [0, 0.1) is 6.92 Å². The van der Waals surface area contributed by atoms with Gasteiger partial charge in [0.2, 0.25) is 0 Å². The fraction of sp³-hybridized carbons (Fsp3) is 0.381. The van der Waals surface area contributed by atoms with Crippen molar-refractivity contribution in [3.8, 4) is 5.75 Å². The van der Waals surface area contributed by atoms with Gasteiger partial charge in [-0.25, -0.2) is 0 Å². The number of ether oxygens (including phenoxy) is 1. The summed E-state index contributed by atoms with van der Waals surface area (Å²) in [7, 11) is 0. The Hall–Kier alpha value is -1.94. The molecule has 0 aliphatic rings. The number of carbonyl (C=O) groups excluding carboxylic acids is 1. The molecule has 0 bridgehead atoms. The first-order valence-corrected chi connectivity index (χ1v) is 9.91. The Bertz CT molecular complexity index is 687. The molecule has 0 spiro atoms. The molecule has 4 heteroatoms. The van der Waals surface area contributed by atoms with E-state index in [0.717, 1.165) is 29.2 Å². The van der Waals surface area contributed by atoms with Crippen LogP contribution in [0.2, 0.25) is 0 Å². The van der Waals surface area contributed by atoms with Crippen molar-refractivity contribution < 1.29 is 9.53 Å². The number of hydrogen-bond acceptors (Lipinski definition) is 3. The fourth-order valence-electron chi connectivity index (χ4n) is 2.54. The Labute approximate surface area is 155 Å². The molecule has 2 rings (SSSR count). The highest BCUT2D eigenvalue weighted by molar-refractivity contribution is 7.98. The van der Waals surface area contributed by atoms with Crippen molar-refractivity contribution in [2.75, 3.05) is 12.3 Å². The number of benzene rings is 2. The Kier molecular flexibility index (Phi) is 7.86. The van der Waals surface area contributed by atoms with Crippen molar-refractivity contribution in [3.05, 3.63) is 65.2 Å². The zero-order valence-corrected chi connectivity index (χ0v) is 16.1. The summed E-state index contributed by atoms with van der Waals surface area (Å²) < 4.78 is 5.82. The molecule has 0 aromatic heterocycles. The standard InChI is InChI=1S/C21H27NO2S/c1-4-19-10-5-6-11-20(19)24-17(3)21(23)22-12-13-25-15-18-9-7-8-16(2)14-18/h5-11,14,17H,4,12-13,15H2,1-3H3,(H,22,23)/t17-/m1/s1. The predicted octanol–water partition coefficient (Wildman–Crippen LogP) is 4.37. The molecule has 0 saturated heterocycles. The Morgan fingerprint density at radius 1 is 1.20 bits per heavy atom. The third-order valence-electron chi connectivity index (χ3n) is 3.92. The summed E-state index contributed by atoms with van der Waals surface area (Å²) in [4.78, 5) is 12.2. The van der Waals surface area contributed by atoms with Crippen molar-refractivity contribution >= 4 is 17.7 Å². The zero-order chi connectivity index (χ0) is 18.1. The average molecular weight is 358 g/mol. The smallest absolute Gasteiger partial charge is 0.260 e. The second-order valence-electron chi connectivity index (χ2n) is 6.05. The molecule has 0 saturated carbocycles. The molecule has 0 heterocycles. The number of thioether (sulfide) groups is 1. The van der Waals surface area contributed by atoms with Gasteiger partial charge < -0.3 is 10.1 Å². The van der Waals surface area contributed by atoms with E-state index in [4.69, 9.17) is 4.74 Å².